The number of phosphoric ester groups is 1. The Morgan fingerprint density at radius 1 is 1.15 bits per heavy atom. The lowest BCUT2D eigenvalue weighted by molar-refractivity contribution is -0.149. The lowest BCUT2D eigenvalue weighted by Crippen LogP contribution is -2.40. The number of hydrogen-bond acceptors (Lipinski definition) is 8. The molecule has 5 N–H and O–H groups in total. The molecule has 0 spiro atoms. The summed E-state index contributed by atoms with van der Waals surface area (Å²) in [6.07, 6.45) is -4.63. The molecule has 0 bridgehead atoms. The fraction of sp³-hybridized carbons (Fsp3) is 0.387. The molecule has 2 amide bonds. The molecule has 2 aromatic carbocycles. The number of pyridine rings is 1. The summed E-state index contributed by atoms with van der Waals surface area (Å²) in [5.74, 6) is -4.35. The molecule has 5 rings (SSSR count). The van der Waals surface area contributed by atoms with Crippen molar-refractivity contribution in [3.05, 3.63) is 71.2 Å². The van der Waals surface area contributed by atoms with Crippen LogP contribution >= 0.6 is 7.82 Å². The monoisotopic (exact) mass is 697 g/mol. The summed E-state index contributed by atoms with van der Waals surface area (Å²) in [5.41, 5.74) is 3.83. The number of rotatable bonds is 13. The highest BCUT2D eigenvalue weighted by Crippen LogP contribution is 2.47. The number of primary amides is 1. The van der Waals surface area contributed by atoms with E-state index >= 15 is 0 Å². The third-order valence-corrected chi connectivity index (χ3v) is 8.42. The number of aromatic nitrogens is 1. The quantitative estimate of drug-likeness (QED) is 0.147. The van der Waals surface area contributed by atoms with E-state index in [-0.39, 0.29) is 59.0 Å². The molecule has 2 heterocycles. The minimum absolute atomic E-state index is 0.0461. The molecule has 3 aromatic rings. The second-order valence-electron chi connectivity index (χ2n) is 11.8. The zero-order chi connectivity index (χ0) is 35.0. The van der Waals surface area contributed by atoms with Gasteiger partial charge in [-0.15, -0.1) is 0 Å². The van der Waals surface area contributed by atoms with Crippen molar-refractivity contribution in [2.75, 3.05) is 19.8 Å². The molecule has 0 radical (unpaired) electrons. The molecule has 1 aliphatic heterocycles. The molecule has 258 valence electrons. The maximum absolute atomic E-state index is 14.6. The van der Waals surface area contributed by atoms with Crippen molar-refractivity contribution in [3.8, 4) is 28.5 Å². The highest BCUT2D eigenvalue weighted by atomic mass is 31.2. The van der Waals surface area contributed by atoms with Crippen molar-refractivity contribution < 1.29 is 60.2 Å². The van der Waals surface area contributed by atoms with E-state index in [1.165, 1.54) is 44.2 Å². The van der Waals surface area contributed by atoms with Gasteiger partial charge in [-0.2, -0.15) is 13.2 Å². The fourth-order valence-corrected chi connectivity index (χ4v) is 5.50. The largest absolute Gasteiger partial charge is 0.489 e. The Hall–Kier alpha value is -4.24. The number of ether oxygens (including phenoxy) is 3. The molecule has 1 aliphatic carbocycles. The second kappa shape index (κ2) is 13.3. The second-order valence-corrected chi connectivity index (χ2v) is 13.0. The Labute approximate surface area is 271 Å². The van der Waals surface area contributed by atoms with Crippen molar-refractivity contribution in [2.24, 2.45) is 5.73 Å². The summed E-state index contributed by atoms with van der Waals surface area (Å²) in [6, 6.07) is 9.86. The normalized spacial score (nSPS) is 18.8. The van der Waals surface area contributed by atoms with Crippen LogP contribution in [0.15, 0.2) is 48.5 Å². The van der Waals surface area contributed by atoms with Gasteiger partial charge < -0.3 is 35.0 Å². The Kier molecular flexibility index (Phi) is 9.75. The van der Waals surface area contributed by atoms with E-state index in [4.69, 9.17) is 29.7 Å². The van der Waals surface area contributed by atoms with Gasteiger partial charge in [0.2, 0.25) is 5.91 Å². The topological polar surface area (TPSA) is 180 Å². The van der Waals surface area contributed by atoms with Crippen LogP contribution in [0.2, 0.25) is 0 Å². The van der Waals surface area contributed by atoms with E-state index in [2.05, 4.69) is 14.8 Å². The van der Waals surface area contributed by atoms with Gasteiger partial charge in [-0.25, -0.2) is 13.9 Å². The number of carbonyl (C=O) groups is 2. The van der Waals surface area contributed by atoms with Gasteiger partial charge in [-0.1, -0.05) is 0 Å². The first-order valence-corrected chi connectivity index (χ1v) is 16.2. The molecular weight excluding hydrogens is 665 g/mol. The number of phosphoric acid groups is 1. The van der Waals surface area contributed by atoms with Gasteiger partial charge >= 0.3 is 14.0 Å². The minimum Gasteiger partial charge on any atom is -0.489 e. The number of carbonyl (C=O) groups excluding carboxylic acids is 2. The smallest absolute Gasteiger partial charge is 0.469 e. The highest BCUT2D eigenvalue weighted by Gasteiger charge is 2.47. The van der Waals surface area contributed by atoms with Crippen LogP contribution in [-0.2, 0) is 19.3 Å². The standard InChI is InChI=1S/C31H32F4N3O9P/c1-16(47-48(41,42)43)14-44-24-10-5-18(11-25(24)46-20-8-9-20)28(39)37-13-22(31(33,34)35)23-12-21-27(45-15-30(21,2)29(36)40)26(38-23)17-3-6-19(32)7-4-17/h3-7,10-12,16,20,22H,8-9,13-15H2,1-2H3,(H2,36,40)(H,37,39)(H2,41,42,43)/t16-,22?,30+/m1/s1. The number of alkyl halides is 3. The lowest BCUT2D eigenvalue weighted by Gasteiger charge is -2.24. The average Bonchev–Trinajstić information content (AvgIpc) is 3.75. The molecule has 12 nitrogen and oxygen atoms in total. The first-order valence-electron chi connectivity index (χ1n) is 14.7. The van der Waals surface area contributed by atoms with Crippen molar-refractivity contribution in [2.45, 2.75) is 56.4 Å². The van der Waals surface area contributed by atoms with E-state index in [0.717, 1.165) is 31.0 Å². The summed E-state index contributed by atoms with van der Waals surface area (Å²) in [7, 11) is -4.76. The third kappa shape index (κ3) is 8.06. The van der Waals surface area contributed by atoms with Crippen molar-refractivity contribution >= 4 is 19.6 Å². The third-order valence-electron chi connectivity index (χ3n) is 7.79. The Morgan fingerprint density at radius 3 is 2.44 bits per heavy atom. The van der Waals surface area contributed by atoms with Crippen LogP contribution in [0.25, 0.3) is 11.3 Å². The Balaban J connectivity index is 1.41. The zero-order valence-electron chi connectivity index (χ0n) is 25.6. The molecular formula is C31H32F4N3O9P. The van der Waals surface area contributed by atoms with Gasteiger partial charge in [0.05, 0.1) is 11.8 Å². The van der Waals surface area contributed by atoms with Crippen LogP contribution in [0.1, 0.15) is 54.2 Å². The predicted molar refractivity (Wildman–Crippen MR) is 161 cm³/mol. The Bertz CT molecular complexity index is 1750. The summed E-state index contributed by atoms with van der Waals surface area (Å²) in [6.45, 7) is 1.34. The minimum atomic E-state index is -4.92. The number of halogens is 4. The first-order chi connectivity index (χ1) is 22.4. The summed E-state index contributed by atoms with van der Waals surface area (Å²) >= 11 is 0. The average molecular weight is 698 g/mol. The molecule has 0 saturated heterocycles. The summed E-state index contributed by atoms with van der Waals surface area (Å²) in [5, 5.41) is 2.30. The van der Waals surface area contributed by atoms with Crippen LogP contribution in [0.4, 0.5) is 17.6 Å². The molecule has 1 aromatic heterocycles. The molecule has 1 saturated carbocycles. The number of nitrogens with two attached hydrogens (primary N) is 1. The number of amides is 2. The van der Waals surface area contributed by atoms with Gasteiger partial charge in [0.1, 0.15) is 47.9 Å². The van der Waals surface area contributed by atoms with E-state index in [1.807, 2.05) is 0 Å². The van der Waals surface area contributed by atoms with Gasteiger partial charge in [-0.05, 0) is 75.2 Å². The maximum Gasteiger partial charge on any atom is 0.469 e. The molecule has 1 fully saturated rings. The molecule has 3 atom stereocenters. The molecule has 48 heavy (non-hydrogen) atoms. The van der Waals surface area contributed by atoms with Gasteiger partial charge in [0.15, 0.2) is 11.5 Å². The predicted octanol–water partition coefficient (Wildman–Crippen LogP) is 4.52. The lowest BCUT2D eigenvalue weighted by atomic mass is 9.82. The van der Waals surface area contributed by atoms with Gasteiger partial charge in [0.25, 0.3) is 5.91 Å². The van der Waals surface area contributed by atoms with Crippen molar-refractivity contribution in [1.29, 1.82) is 0 Å². The van der Waals surface area contributed by atoms with Crippen LogP contribution < -0.4 is 25.3 Å². The highest BCUT2D eigenvalue weighted by molar-refractivity contribution is 7.46. The number of fused-ring (bicyclic) bond motifs is 1. The summed E-state index contributed by atoms with van der Waals surface area (Å²) < 4.78 is 90.2. The van der Waals surface area contributed by atoms with Crippen molar-refractivity contribution in [1.82, 2.24) is 10.3 Å². The van der Waals surface area contributed by atoms with Gasteiger partial charge in [-0.3, -0.25) is 14.1 Å². The molecule has 2 aliphatic rings. The van der Waals surface area contributed by atoms with E-state index in [9.17, 15) is 31.7 Å². The van der Waals surface area contributed by atoms with E-state index in [1.54, 1.807) is 0 Å². The number of nitrogens with one attached hydrogen (secondary N) is 1. The first kappa shape index (κ1) is 35.1. The number of hydrogen-bond donors (Lipinski definition) is 4. The van der Waals surface area contributed by atoms with E-state index < -0.39 is 61.3 Å². The van der Waals surface area contributed by atoms with Crippen molar-refractivity contribution in [3.63, 3.8) is 0 Å². The summed E-state index contributed by atoms with van der Waals surface area (Å²) in [4.78, 5) is 47.8. The Morgan fingerprint density at radius 2 is 1.83 bits per heavy atom. The zero-order valence-corrected chi connectivity index (χ0v) is 26.5. The number of benzene rings is 2. The van der Waals surface area contributed by atoms with Gasteiger partial charge in [0, 0.05) is 23.2 Å². The van der Waals surface area contributed by atoms with Crippen LogP contribution in [-0.4, -0.2) is 64.7 Å². The van der Waals surface area contributed by atoms with Crippen LogP contribution in [0.3, 0.4) is 0 Å². The maximum atomic E-state index is 14.6. The number of nitrogens with zero attached hydrogens (tertiary/aromatic N) is 1. The SMILES string of the molecule is C[C@H](COc1ccc(C(=O)NCC(c2cc3c(c(-c4ccc(F)cc4)n2)OC[C@]3(C)C(N)=O)C(F)(F)F)cc1OC1CC1)OP(=O)(O)O. The van der Waals surface area contributed by atoms with Crippen LogP contribution in [0.5, 0.6) is 17.2 Å². The molecule has 1 unspecified atom stereocenters. The molecule has 17 heteroatoms. The van der Waals surface area contributed by atoms with E-state index in [0.29, 0.717) is 0 Å². The fourth-order valence-electron chi connectivity index (χ4n) is 4.97. The van der Waals surface area contributed by atoms with Crippen LogP contribution in [0, 0.1) is 5.82 Å².